The van der Waals surface area contributed by atoms with Crippen molar-refractivity contribution in [2.45, 2.75) is 12.8 Å². The number of carbonyl (C=O) groups excluding carboxylic acids is 1. The Morgan fingerprint density at radius 1 is 1.09 bits per heavy atom. The molecule has 0 radical (unpaired) electrons. The van der Waals surface area contributed by atoms with Gasteiger partial charge in [0.15, 0.2) is 12.1 Å². The van der Waals surface area contributed by atoms with Crippen LogP contribution in [0, 0.1) is 0 Å². The van der Waals surface area contributed by atoms with E-state index in [9.17, 15) is 4.79 Å². The van der Waals surface area contributed by atoms with Gasteiger partial charge in [0.1, 0.15) is 0 Å². The van der Waals surface area contributed by atoms with Crippen LogP contribution in [0.4, 0.5) is 0 Å². The van der Waals surface area contributed by atoms with E-state index in [-0.39, 0.29) is 5.78 Å². The fourth-order valence-corrected chi connectivity index (χ4v) is 3.08. The van der Waals surface area contributed by atoms with Gasteiger partial charge in [-0.3, -0.25) is 10.5 Å². The van der Waals surface area contributed by atoms with Crippen LogP contribution >= 0.6 is 0 Å². The Bertz CT molecular complexity index is 868. The number of nitrogens with two attached hydrogens (primary N) is 2. The summed E-state index contributed by atoms with van der Waals surface area (Å²) in [4.78, 5) is 17.3. The molecule has 1 unspecified atom stereocenters. The van der Waals surface area contributed by atoms with Crippen LogP contribution in [0.25, 0.3) is 5.70 Å². The minimum atomic E-state index is -0.579. The van der Waals surface area contributed by atoms with Crippen LogP contribution in [0.15, 0.2) is 59.1 Å². The summed E-state index contributed by atoms with van der Waals surface area (Å²) in [6.07, 6.45) is -0.579. The lowest BCUT2D eigenvalue weighted by Gasteiger charge is -2.23. The summed E-state index contributed by atoms with van der Waals surface area (Å²) in [5, 5.41) is 3.12. The highest BCUT2D eigenvalue weighted by Crippen LogP contribution is 2.34. The summed E-state index contributed by atoms with van der Waals surface area (Å²) < 4.78 is 0. The largest absolute Gasteiger partial charge is 0.351 e. The van der Waals surface area contributed by atoms with Crippen LogP contribution in [-0.2, 0) is 6.54 Å². The van der Waals surface area contributed by atoms with E-state index in [1.807, 2.05) is 48.5 Å². The number of Topliss-reactive ketones (excluding diaryl/α,β-unsaturated/α-hetero) is 1. The highest BCUT2D eigenvalue weighted by Gasteiger charge is 2.37. The number of hydrogen-bond acceptors (Lipinski definition) is 5. The monoisotopic (exact) mass is 304 g/mol. The van der Waals surface area contributed by atoms with E-state index in [1.165, 1.54) is 0 Å². The highest BCUT2D eigenvalue weighted by molar-refractivity contribution is 6.44. The molecule has 2 aromatic rings. The molecule has 5 heteroatoms. The molecule has 1 atom stereocenters. The summed E-state index contributed by atoms with van der Waals surface area (Å²) in [6.45, 7) is 0.420. The fourth-order valence-electron chi connectivity index (χ4n) is 3.08. The Balaban J connectivity index is 1.96. The maximum Gasteiger partial charge on any atom is 0.198 e. The molecule has 0 saturated heterocycles. The number of ketones is 1. The lowest BCUT2D eigenvalue weighted by molar-refractivity contribution is 0.104. The molecule has 5 N–H and O–H groups in total. The summed E-state index contributed by atoms with van der Waals surface area (Å²) in [7, 11) is 0. The SMILES string of the molecule is NCc1ccc2c(c1)C1=NC(N)NC(c3ccccc3)=C1C2=O. The Labute approximate surface area is 133 Å². The number of carbonyl (C=O) groups is 1. The van der Waals surface area contributed by atoms with Crippen molar-refractivity contribution in [1.29, 1.82) is 0 Å². The van der Waals surface area contributed by atoms with Crippen LogP contribution < -0.4 is 16.8 Å². The maximum absolute atomic E-state index is 12.9. The molecule has 5 nitrogen and oxygen atoms in total. The second kappa shape index (κ2) is 5.15. The number of fused-ring (bicyclic) bond motifs is 3. The lowest BCUT2D eigenvalue weighted by Crippen LogP contribution is -2.39. The van der Waals surface area contributed by atoms with Crippen molar-refractivity contribution in [3.63, 3.8) is 0 Å². The van der Waals surface area contributed by atoms with E-state index < -0.39 is 6.29 Å². The number of benzene rings is 2. The van der Waals surface area contributed by atoms with Gasteiger partial charge in [-0.25, -0.2) is 4.99 Å². The van der Waals surface area contributed by atoms with E-state index >= 15 is 0 Å². The molecular weight excluding hydrogens is 288 g/mol. The predicted octanol–water partition coefficient (Wildman–Crippen LogP) is 1.39. The molecule has 2 aromatic carbocycles. The van der Waals surface area contributed by atoms with Gasteiger partial charge in [0.05, 0.1) is 17.0 Å². The number of hydrogen-bond donors (Lipinski definition) is 3. The first-order valence-electron chi connectivity index (χ1n) is 7.47. The smallest absolute Gasteiger partial charge is 0.198 e. The van der Waals surface area contributed by atoms with Crippen LogP contribution in [0.1, 0.15) is 27.0 Å². The van der Waals surface area contributed by atoms with Crippen molar-refractivity contribution in [2.24, 2.45) is 16.5 Å². The van der Waals surface area contributed by atoms with Gasteiger partial charge in [-0.05, 0) is 17.2 Å². The number of nitrogens with one attached hydrogen (secondary N) is 1. The zero-order chi connectivity index (χ0) is 16.0. The van der Waals surface area contributed by atoms with Gasteiger partial charge < -0.3 is 11.1 Å². The molecule has 4 rings (SSSR count). The molecular formula is C18H16N4O. The van der Waals surface area contributed by atoms with Gasteiger partial charge in [0, 0.05) is 17.7 Å². The van der Waals surface area contributed by atoms with Crippen molar-refractivity contribution >= 4 is 17.2 Å². The molecule has 2 aliphatic rings. The molecule has 1 aliphatic carbocycles. The summed E-state index contributed by atoms with van der Waals surface area (Å²) >= 11 is 0. The first kappa shape index (κ1) is 13.9. The maximum atomic E-state index is 12.9. The zero-order valence-corrected chi connectivity index (χ0v) is 12.4. The quantitative estimate of drug-likeness (QED) is 0.781. The third kappa shape index (κ3) is 2.10. The van der Waals surface area contributed by atoms with Crippen LogP contribution in [0.5, 0.6) is 0 Å². The number of nitrogens with zero attached hydrogens (tertiary/aromatic N) is 1. The van der Waals surface area contributed by atoms with Crippen molar-refractivity contribution in [3.8, 4) is 0 Å². The molecule has 1 aliphatic heterocycles. The van der Waals surface area contributed by atoms with E-state index in [1.54, 1.807) is 0 Å². The average Bonchev–Trinajstić information content (AvgIpc) is 2.87. The minimum Gasteiger partial charge on any atom is -0.351 e. The predicted molar refractivity (Wildman–Crippen MR) is 89.7 cm³/mol. The van der Waals surface area contributed by atoms with Gasteiger partial charge >= 0.3 is 0 Å². The second-order valence-electron chi connectivity index (χ2n) is 5.60. The van der Waals surface area contributed by atoms with Crippen molar-refractivity contribution in [1.82, 2.24) is 5.32 Å². The topological polar surface area (TPSA) is 93.5 Å². The Morgan fingerprint density at radius 3 is 2.61 bits per heavy atom. The Hall–Kier alpha value is -2.76. The summed E-state index contributed by atoms with van der Waals surface area (Å²) in [5.74, 6) is -0.0272. The van der Waals surface area contributed by atoms with Crippen LogP contribution in [0.2, 0.25) is 0 Å². The molecule has 0 saturated carbocycles. The molecule has 0 fully saturated rings. The number of rotatable bonds is 2. The molecule has 114 valence electrons. The molecule has 0 amide bonds. The van der Waals surface area contributed by atoms with Crippen molar-refractivity contribution in [2.75, 3.05) is 0 Å². The van der Waals surface area contributed by atoms with E-state index in [4.69, 9.17) is 11.5 Å². The Kier molecular flexibility index (Phi) is 3.11. The first-order chi connectivity index (χ1) is 11.2. The first-order valence-corrected chi connectivity index (χ1v) is 7.47. The number of allylic oxidation sites excluding steroid dienone is 1. The second-order valence-corrected chi connectivity index (χ2v) is 5.60. The molecule has 0 aromatic heterocycles. The van der Waals surface area contributed by atoms with E-state index in [0.717, 1.165) is 22.4 Å². The fraction of sp³-hybridized carbons (Fsp3) is 0.111. The normalized spacial score (nSPS) is 19.1. The molecule has 1 heterocycles. The minimum absolute atomic E-state index is 0.0272. The van der Waals surface area contributed by atoms with Gasteiger partial charge in [0.2, 0.25) is 0 Å². The molecule has 0 spiro atoms. The van der Waals surface area contributed by atoms with Crippen molar-refractivity contribution in [3.05, 3.63) is 76.4 Å². The van der Waals surface area contributed by atoms with Gasteiger partial charge in [-0.2, -0.15) is 0 Å². The van der Waals surface area contributed by atoms with Gasteiger partial charge in [0.25, 0.3) is 0 Å². The molecule has 23 heavy (non-hydrogen) atoms. The van der Waals surface area contributed by atoms with Gasteiger partial charge in [-0.1, -0.05) is 42.5 Å². The zero-order valence-electron chi connectivity index (χ0n) is 12.4. The van der Waals surface area contributed by atoms with Crippen LogP contribution in [-0.4, -0.2) is 17.8 Å². The average molecular weight is 304 g/mol. The van der Waals surface area contributed by atoms with Gasteiger partial charge in [-0.15, -0.1) is 0 Å². The van der Waals surface area contributed by atoms with E-state index in [0.29, 0.717) is 23.4 Å². The third-order valence-electron chi connectivity index (χ3n) is 4.16. The van der Waals surface area contributed by atoms with Crippen LogP contribution in [0.3, 0.4) is 0 Å². The Morgan fingerprint density at radius 2 is 1.87 bits per heavy atom. The summed E-state index contributed by atoms with van der Waals surface area (Å²) in [5.41, 5.74) is 17.1. The summed E-state index contributed by atoms with van der Waals surface area (Å²) in [6, 6.07) is 15.3. The third-order valence-corrected chi connectivity index (χ3v) is 4.16. The lowest BCUT2D eigenvalue weighted by atomic mass is 10.0. The number of aliphatic imine (C=N–C) groups is 1. The van der Waals surface area contributed by atoms with Crippen molar-refractivity contribution < 1.29 is 4.79 Å². The molecule has 0 bridgehead atoms. The highest BCUT2D eigenvalue weighted by atomic mass is 16.1. The standard InChI is InChI=1S/C18H16N4O/c19-9-10-6-7-12-13(8-10)16-14(17(12)23)15(21-18(20)22-16)11-4-2-1-3-5-11/h1-8,18,21H,9,19-20H2. The van der Waals surface area contributed by atoms with E-state index in [2.05, 4.69) is 10.3 Å².